The fourth-order valence-electron chi connectivity index (χ4n) is 1.92. The molecular weight excluding hydrogens is 190 g/mol. The van der Waals surface area contributed by atoms with Crippen molar-refractivity contribution in [2.75, 3.05) is 42.3 Å². The first-order chi connectivity index (χ1) is 6.39. The largest absolute Gasteiger partial charge is 0.314 e. The van der Waals surface area contributed by atoms with Crippen molar-refractivity contribution in [3.63, 3.8) is 0 Å². The Morgan fingerprint density at radius 1 is 0.857 bits per heavy atom. The Morgan fingerprint density at radius 2 is 1.21 bits per heavy atom. The van der Waals surface area contributed by atoms with Gasteiger partial charge in [-0.25, -0.2) is 0 Å². The SMILES string of the molecule is CC/C=C/[Si](N(C)C)(N(C)C)N(C)C. The zero-order valence-electron chi connectivity index (χ0n) is 10.7. The van der Waals surface area contributed by atoms with Crippen LogP contribution in [0.5, 0.6) is 0 Å². The lowest BCUT2D eigenvalue weighted by molar-refractivity contribution is 0.395. The highest BCUT2D eigenvalue weighted by molar-refractivity contribution is 6.76. The number of hydrogen-bond acceptors (Lipinski definition) is 3. The van der Waals surface area contributed by atoms with Crippen LogP contribution in [0, 0.1) is 0 Å². The second-order valence-electron chi connectivity index (χ2n) is 4.18. The van der Waals surface area contributed by atoms with Gasteiger partial charge in [0.25, 0.3) is 0 Å². The van der Waals surface area contributed by atoms with Crippen LogP contribution in [0.25, 0.3) is 0 Å². The molecule has 0 amide bonds. The third-order valence-corrected chi connectivity index (χ3v) is 7.18. The fourth-order valence-corrected chi connectivity index (χ4v) is 5.77. The Bertz CT molecular complexity index is 166. The van der Waals surface area contributed by atoms with E-state index in [0.717, 1.165) is 6.42 Å². The summed E-state index contributed by atoms with van der Waals surface area (Å²) in [5.41, 5.74) is 2.38. The predicted molar refractivity (Wildman–Crippen MR) is 66.2 cm³/mol. The van der Waals surface area contributed by atoms with Crippen LogP contribution < -0.4 is 0 Å². The predicted octanol–water partition coefficient (Wildman–Crippen LogP) is 1.12. The van der Waals surface area contributed by atoms with Crippen molar-refractivity contribution in [2.45, 2.75) is 13.3 Å². The van der Waals surface area contributed by atoms with Crippen molar-refractivity contribution in [1.82, 2.24) is 13.7 Å². The molecule has 0 aliphatic carbocycles. The molecule has 0 fully saturated rings. The van der Waals surface area contributed by atoms with E-state index in [1.54, 1.807) is 0 Å². The summed E-state index contributed by atoms with van der Waals surface area (Å²) in [6, 6.07) is 0. The van der Waals surface area contributed by atoms with Crippen LogP contribution in [0.2, 0.25) is 0 Å². The normalized spacial score (nSPS) is 13.9. The molecule has 84 valence electrons. The molecule has 0 spiro atoms. The maximum Gasteiger partial charge on any atom is 0.314 e. The average molecular weight is 215 g/mol. The first-order valence-electron chi connectivity index (χ1n) is 5.09. The zero-order valence-corrected chi connectivity index (χ0v) is 11.7. The molecule has 0 aliphatic rings. The summed E-state index contributed by atoms with van der Waals surface area (Å²) in [6.45, 7) is 2.18. The van der Waals surface area contributed by atoms with Gasteiger partial charge in [0.2, 0.25) is 0 Å². The molecule has 0 aromatic heterocycles. The molecule has 3 nitrogen and oxygen atoms in total. The van der Waals surface area contributed by atoms with E-state index in [4.69, 9.17) is 0 Å². The number of hydrogen-bond donors (Lipinski definition) is 0. The van der Waals surface area contributed by atoms with Crippen molar-refractivity contribution in [2.24, 2.45) is 0 Å². The minimum absolute atomic E-state index is 1.10. The van der Waals surface area contributed by atoms with Gasteiger partial charge < -0.3 is 13.7 Å². The molecule has 0 aromatic carbocycles. The minimum atomic E-state index is -1.73. The number of allylic oxidation sites excluding steroid dienone is 1. The van der Waals surface area contributed by atoms with E-state index in [1.807, 2.05) is 0 Å². The van der Waals surface area contributed by atoms with Crippen molar-refractivity contribution >= 4 is 8.56 Å². The standard InChI is InChI=1S/C10H25N3Si/c1-8-9-10-14(11(2)3,12(4)5)13(6)7/h9-10H,8H2,1-7H3/b10-9+. The van der Waals surface area contributed by atoms with Crippen molar-refractivity contribution in [3.8, 4) is 0 Å². The Balaban J connectivity index is 5.05. The van der Waals surface area contributed by atoms with Gasteiger partial charge in [0.05, 0.1) is 0 Å². The summed E-state index contributed by atoms with van der Waals surface area (Å²) < 4.78 is 7.04. The summed E-state index contributed by atoms with van der Waals surface area (Å²) >= 11 is 0. The summed E-state index contributed by atoms with van der Waals surface area (Å²) in [4.78, 5) is 0. The second-order valence-corrected chi connectivity index (χ2v) is 8.57. The maximum absolute atomic E-state index is 2.38. The molecule has 0 unspecified atom stereocenters. The van der Waals surface area contributed by atoms with Crippen LogP contribution in [0.3, 0.4) is 0 Å². The van der Waals surface area contributed by atoms with Gasteiger partial charge in [0.1, 0.15) is 0 Å². The van der Waals surface area contributed by atoms with Crippen LogP contribution in [0.4, 0.5) is 0 Å². The molecule has 0 aliphatic heterocycles. The molecule has 4 heteroatoms. The van der Waals surface area contributed by atoms with Gasteiger partial charge in [-0.15, -0.1) is 0 Å². The molecule has 0 aromatic rings. The maximum atomic E-state index is 2.38. The molecule has 0 saturated heterocycles. The quantitative estimate of drug-likeness (QED) is 0.636. The highest BCUT2D eigenvalue weighted by Gasteiger charge is 2.39. The van der Waals surface area contributed by atoms with Gasteiger partial charge in [0.15, 0.2) is 0 Å². The summed E-state index contributed by atoms with van der Waals surface area (Å²) in [7, 11) is 11.2. The van der Waals surface area contributed by atoms with E-state index in [9.17, 15) is 0 Å². The van der Waals surface area contributed by atoms with Crippen LogP contribution in [-0.4, -0.2) is 64.5 Å². The van der Waals surface area contributed by atoms with E-state index in [1.165, 1.54) is 0 Å². The summed E-state index contributed by atoms with van der Waals surface area (Å²) in [5.74, 6) is 0. The molecule has 0 saturated carbocycles. The van der Waals surface area contributed by atoms with E-state index in [-0.39, 0.29) is 0 Å². The van der Waals surface area contributed by atoms with Gasteiger partial charge in [-0.1, -0.05) is 18.7 Å². The van der Waals surface area contributed by atoms with Gasteiger partial charge in [-0.3, -0.25) is 0 Å². The molecule has 0 heterocycles. The smallest absolute Gasteiger partial charge is 0.302 e. The molecule has 14 heavy (non-hydrogen) atoms. The van der Waals surface area contributed by atoms with Gasteiger partial charge >= 0.3 is 8.56 Å². The Kier molecular flexibility index (Phi) is 5.59. The lowest BCUT2D eigenvalue weighted by atomic mass is 10.5. The molecular formula is C10H25N3Si. The van der Waals surface area contributed by atoms with Crippen molar-refractivity contribution in [3.05, 3.63) is 11.8 Å². The van der Waals surface area contributed by atoms with Crippen molar-refractivity contribution in [1.29, 1.82) is 0 Å². The summed E-state index contributed by atoms with van der Waals surface area (Å²) in [5, 5.41) is 0. The third-order valence-electron chi connectivity index (χ3n) is 2.55. The molecule has 0 atom stereocenters. The first kappa shape index (κ1) is 13.8. The molecule has 0 bridgehead atoms. The monoisotopic (exact) mass is 215 g/mol. The van der Waals surface area contributed by atoms with Crippen LogP contribution >= 0.6 is 0 Å². The lowest BCUT2D eigenvalue weighted by Crippen LogP contribution is -2.68. The Morgan fingerprint density at radius 3 is 1.43 bits per heavy atom. The average Bonchev–Trinajstić information content (AvgIpc) is 2.03. The van der Waals surface area contributed by atoms with E-state index >= 15 is 0 Å². The number of rotatable bonds is 5. The second kappa shape index (κ2) is 5.65. The minimum Gasteiger partial charge on any atom is -0.302 e. The van der Waals surface area contributed by atoms with Gasteiger partial charge in [0, 0.05) is 0 Å². The van der Waals surface area contributed by atoms with Crippen LogP contribution in [-0.2, 0) is 0 Å². The van der Waals surface area contributed by atoms with Crippen LogP contribution in [0.1, 0.15) is 13.3 Å². The topological polar surface area (TPSA) is 9.72 Å². The van der Waals surface area contributed by atoms with E-state index in [0.29, 0.717) is 0 Å². The lowest BCUT2D eigenvalue weighted by Gasteiger charge is -2.44. The first-order valence-corrected chi connectivity index (χ1v) is 7.01. The fraction of sp³-hybridized carbons (Fsp3) is 0.800. The van der Waals surface area contributed by atoms with Gasteiger partial charge in [-0.05, 0) is 48.7 Å². The van der Waals surface area contributed by atoms with Crippen LogP contribution in [0.15, 0.2) is 11.8 Å². The zero-order chi connectivity index (χ0) is 11.4. The molecule has 0 N–H and O–H groups in total. The van der Waals surface area contributed by atoms with E-state index < -0.39 is 8.56 Å². The Hall–Kier alpha value is -0.163. The van der Waals surface area contributed by atoms with Crippen molar-refractivity contribution < 1.29 is 0 Å². The molecule has 0 rings (SSSR count). The highest BCUT2D eigenvalue weighted by Crippen LogP contribution is 2.14. The van der Waals surface area contributed by atoms with Gasteiger partial charge in [-0.2, -0.15) is 0 Å². The third kappa shape index (κ3) is 2.67. The highest BCUT2D eigenvalue weighted by atomic mass is 28.4. The Labute approximate surface area is 90.2 Å². The number of nitrogens with zero attached hydrogens (tertiary/aromatic N) is 3. The summed E-state index contributed by atoms with van der Waals surface area (Å²) in [6.07, 6.45) is 3.37. The molecule has 0 radical (unpaired) electrons. The van der Waals surface area contributed by atoms with E-state index in [2.05, 4.69) is 74.7 Å².